The number of alkyl halides is 1. The molecule has 0 N–H and O–H groups in total. The minimum Gasteiger partial charge on any atom is -0.306 e. The minimum absolute atomic E-state index is 0.390. The lowest BCUT2D eigenvalue weighted by Gasteiger charge is -2.33. The third-order valence-electron chi connectivity index (χ3n) is 4.11. The highest BCUT2D eigenvalue weighted by molar-refractivity contribution is 7.09. The summed E-state index contributed by atoms with van der Waals surface area (Å²) in [5.41, 5.74) is 1.00. The Morgan fingerprint density at radius 2 is 2.21 bits per heavy atom. The van der Waals surface area contributed by atoms with Crippen molar-refractivity contribution in [3.63, 3.8) is 0 Å². The fraction of sp³-hybridized carbons (Fsp3) is 0.786. The van der Waals surface area contributed by atoms with Crippen LogP contribution >= 0.6 is 22.9 Å². The van der Waals surface area contributed by atoms with Crippen LogP contribution in [0.2, 0.25) is 0 Å². The summed E-state index contributed by atoms with van der Waals surface area (Å²) in [4.78, 5) is 9.45. The highest BCUT2D eigenvalue weighted by Crippen LogP contribution is 2.26. The van der Waals surface area contributed by atoms with E-state index in [9.17, 15) is 0 Å². The Labute approximate surface area is 125 Å². The first-order valence-corrected chi connectivity index (χ1v) is 8.40. The maximum absolute atomic E-state index is 5.82. The summed E-state index contributed by atoms with van der Waals surface area (Å²) in [6, 6.07) is 0.390. The van der Waals surface area contributed by atoms with Crippen molar-refractivity contribution in [1.82, 2.24) is 14.8 Å². The van der Waals surface area contributed by atoms with Crippen molar-refractivity contribution in [3.8, 4) is 0 Å². The molecule has 1 fully saturated rings. The Kier molecular flexibility index (Phi) is 5.63. The Balaban J connectivity index is 1.86. The molecule has 0 spiro atoms. The predicted octanol–water partition coefficient (Wildman–Crippen LogP) is 3.22. The Hall–Kier alpha value is -0.160. The molecule has 1 unspecified atom stereocenters. The molecular formula is C14H24ClN3S. The Morgan fingerprint density at radius 3 is 2.79 bits per heavy atom. The van der Waals surface area contributed by atoms with E-state index in [0.29, 0.717) is 11.9 Å². The molecule has 19 heavy (non-hydrogen) atoms. The van der Waals surface area contributed by atoms with Crippen LogP contribution in [0.1, 0.15) is 36.5 Å². The predicted molar refractivity (Wildman–Crippen MR) is 82.9 cm³/mol. The zero-order chi connectivity index (χ0) is 13.8. The molecule has 108 valence electrons. The molecule has 0 bridgehead atoms. The summed E-state index contributed by atoms with van der Waals surface area (Å²) in [5.74, 6) is 1.35. The fourth-order valence-corrected chi connectivity index (χ4v) is 3.74. The zero-order valence-electron chi connectivity index (χ0n) is 12.1. The number of halogens is 1. The van der Waals surface area contributed by atoms with E-state index in [1.54, 1.807) is 11.3 Å². The van der Waals surface area contributed by atoms with Crippen LogP contribution in [-0.2, 0) is 5.88 Å². The van der Waals surface area contributed by atoms with Gasteiger partial charge in [-0.1, -0.05) is 0 Å². The average Bonchev–Trinajstić information content (AvgIpc) is 2.89. The Morgan fingerprint density at radius 1 is 1.53 bits per heavy atom. The van der Waals surface area contributed by atoms with Crippen LogP contribution in [0.3, 0.4) is 0 Å². The summed E-state index contributed by atoms with van der Waals surface area (Å²) in [7, 11) is 4.43. The Bertz CT molecular complexity index is 388. The molecule has 2 rings (SSSR count). The number of hydrogen-bond donors (Lipinski definition) is 0. The quantitative estimate of drug-likeness (QED) is 0.779. The van der Waals surface area contributed by atoms with E-state index in [0.717, 1.165) is 11.6 Å². The van der Waals surface area contributed by atoms with Gasteiger partial charge in [0, 0.05) is 11.9 Å². The van der Waals surface area contributed by atoms with E-state index in [1.807, 2.05) is 0 Å². The van der Waals surface area contributed by atoms with Crippen LogP contribution in [-0.4, -0.2) is 48.5 Å². The van der Waals surface area contributed by atoms with E-state index in [2.05, 4.69) is 41.2 Å². The average molecular weight is 302 g/mol. The zero-order valence-corrected chi connectivity index (χ0v) is 13.7. The van der Waals surface area contributed by atoms with Gasteiger partial charge in [0.25, 0.3) is 0 Å². The molecule has 0 radical (unpaired) electrons. The van der Waals surface area contributed by atoms with Gasteiger partial charge in [-0.15, -0.1) is 22.9 Å². The van der Waals surface area contributed by atoms with Crippen LogP contribution in [0.25, 0.3) is 0 Å². The van der Waals surface area contributed by atoms with Gasteiger partial charge in [-0.2, -0.15) is 0 Å². The number of piperidine rings is 1. The maximum atomic E-state index is 5.82. The number of rotatable bonds is 5. The first-order chi connectivity index (χ1) is 9.10. The second kappa shape index (κ2) is 7.02. The minimum atomic E-state index is 0.390. The summed E-state index contributed by atoms with van der Waals surface area (Å²) in [5, 5.41) is 3.26. The van der Waals surface area contributed by atoms with Gasteiger partial charge in [-0.25, -0.2) is 4.98 Å². The summed E-state index contributed by atoms with van der Waals surface area (Å²) < 4.78 is 0. The van der Waals surface area contributed by atoms with Crippen molar-refractivity contribution in [1.29, 1.82) is 0 Å². The lowest BCUT2D eigenvalue weighted by atomic mass is 9.96. The molecule has 1 aliphatic heterocycles. The van der Waals surface area contributed by atoms with E-state index in [1.165, 1.54) is 37.5 Å². The molecule has 0 amide bonds. The normalized spacial score (nSPS) is 20.1. The maximum Gasteiger partial charge on any atom is 0.110 e. The van der Waals surface area contributed by atoms with Gasteiger partial charge in [0.05, 0.1) is 17.6 Å². The van der Waals surface area contributed by atoms with Gasteiger partial charge in [-0.3, -0.25) is 4.90 Å². The number of likely N-dealkylation sites (tertiary alicyclic amines) is 1. The smallest absolute Gasteiger partial charge is 0.110 e. The van der Waals surface area contributed by atoms with Crippen molar-refractivity contribution in [3.05, 3.63) is 16.1 Å². The molecule has 1 aromatic rings. The van der Waals surface area contributed by atoms with E-state index >= 15 is 0 Å². The summed E-state index contributed by atoms with van der Waals surface area (Å²) >= 11 is 7.55. The molecule has 0 saturated carbocycles. The molecule has 0 aromatic carbocycles. The van der Waals surface area contributed by atoms with Crippen molar-refractivity contribution in [2.45, 2.75) is 31.7 Å². The largest absolute Gasteiger partial charge is 0.306 e. The summed E-state index contributed by atoms with van der Waals surface area (Å²) in [6.45, 7) is 5.89. The van der Waals surface area contributed by atoms with Crippen molar-refractivity contribution >= 4 is 22.9 Å². The van der Waals surface area contributed by atoms with Crippen molar-refractivity contribution in [2.75, 3.05) is 33.7 Å². The number of nitrogens with zero attached hydrogens (tertiary/aromatic N) is 3. The molecule has 1 aliphatic rings. The van der Waals surface area contributed by atoms with Crippen LogP contribution in [0.15, 0.2) is 5.38 Å². The van der Waals surface area contributed by atoms with Crippen LogP contribution < -0.4 is 0 Å². The third kappa shape index (κ3) is 4.15. The number of hydrogen-bond acceptors (Lipinski definition) is 4. The molecule has 3 nitrogen and oxygen atoms in total. The highest BCUT2D eigenvalue weighted by Gasteiger charge is 2.22. The number of thiazole rings is 1. The van der Waals surface area contributed by atoms with Gasteiger partial charge in [0.2, 0.25) is 0 Å². The van der Waals surface area contributed by atoms with Crippen LogP contribution in [0, 0.1) is 5.92 Å². The van der Waals surface area contributed by atoms with E-state index < -0.39 is 0 Å². The lowest BCUT2D eigenvalue weighted by Crippen LogP contribution is -2.36. The van der Waals surface area contributed by atoms with Crippen LogP contribution in [0.5, 0.6) is 0 Å². The molecule has 1 atom stereocenters. The molecule has 5 heteroatoms. The fourth-order valence-electron chi connectivity index (χ4n) is 2.57. The molecule has 1 aromatic heterocycles. The monoisotopic (exact) mass is 301 g/mol. The second-order valence-corrected chi connectivity index (χ2v) is 6.83. The van der Waals surface area contributed by atoms with Gasteiger partial charge in [-0.05, 0) is 52.9 Å². The molecule has 1 saturated heterocycles. The first-order valence-electron chi connectivity index (χ1n) is 6.99. The van der Waals surface area contributed by atoms with Gasteiger partial charge in [0.15, 0.2) is 0 Å². The first kappa shape index (κ1) is 15.2. The van der Waals surface area contributed by atoms with E-state index in [-0.39, 0.29) is 0 Å². The van der Waals surface area contributed by atoms with Gasteiger partial charge >= 0.3 is 0 Å². The lowest BCUT2D eigenvalue weighted by molar-refractivity contribution is 0.155. The van der Waals surface area contributed by atoms with Gasteiger partial charge < -0.3 is 4.90 Å². The standard InChI is InChI=1S/C14H24ClN3S/c1-11(14-16-13(8-15)10-19-14)18(3)9-12-4-6-17(2)7-5-12/h10-12H,4-9H2,1-3H3. The topological polar surface area (TPSA) is 19.4 Å². The van der Waals surface area contributed by atoms with Crippen molar-refractivity contribution in [2.24, 2.45) is 5.92 Å². The second-order valence-electron chi connectivity index (χ2n) is 5.67. The van der Waals surface area contributed by atoms with Crippen LogP contribution in [0.4, 0.5) is 0 Å². The van der Waals surface area contributed by atoms with Gasteiger partial charge in [0.1, 0.15) is 5.01 Å². The molecule has 2 heterocycles. The highest BCUT2D eigenvalue weighted by atomic mass is 35.5. The molecule has 0 aliphatic carbocycles. The van der Waals surface area contributed by atoms with Crippen molar-refractivity contribution < 1.29 is 0 Å². The number of aromatic nitrogens is 1. The SMILES string of the molecule is CC(c1nc(CCl)cs1)N(C)CC1CCN(C)CC1. The third-order valence-corrected chi connectivity index (χ3v) is 5.45. The molecular weight excluding hydrogens is 278 g/mol. The van der Waals surface area contributed by atoms with E-state index in [4.69, 9.17) is 11.6 Å². The summed E-state index contributed by atoms with van der Waals surface area (Å²) in [6.07, 6.45) is 2.64.